The molecule has 7 nitrogen and oxygen atoms in total. The van der Waals surface area contributed by atoms with Crippen LogP contribution in [0.5, 0.6) is 0 Å². The van der Waals surface area contributed by atoms with Gasteiger partial charge in [-0.25, -0.2) is 0 Å². The first-order valence-corrected chi connectivity index (χ1v) is 10.4. The number of nitrogens with one attached hydrogen (secondary N) is 1. The zero-order valence-corrected chi connectivity index (χ0v) is 17.1. The molecule has 0 spiro atoms. The summed E-state index contributed by atoms with van der Waals surface area (Å²) in [5.74, 6) is -0.154. The van der Waals surface area contributed by atoms with Crippen molar-refractivity contribution in [3.8, 4) is 11.4 Å². The second kappa shape index (κ2) is 9.67. The molecule has 2 aromatic rings. The molecule has 1 saturated carbocycles. The van der Waals surface area contributed by atoms with E-state index in [1.807, 2.05) is 12.1 Å². The predicted molar refractivity (Wildman–Crippen MR) is 108 cm³/mol. The Bertz CT molecular complexity index is 829. The Morgan fingerprint density at radius 3 is 2.59 bits per heavy atom. The highest BCUT2D eigenvalue weighted by Crippen LogP contribution is 2.24. The molecule has 0 unspecified atom stereocenters. The van der Waals surface area contributed by atoms with Crippen LogP contribution in [0.15, 0.2) is 28.8 Å². The van der Waals surface area contributed by atoms with E-state index < -0.39 is 11.9 Å². The van der Waals surface area contributed by atoms with E-state index in [1.54, 1.807) is 0 Å². The van der Waals surface area contributed by atoms with Gasteiger partial charge in [-0.15, -0.1) is 0 Å². The number of rotatable bonds is 7. The van der Waals surface area contributed by atoms with Gasteiger partial charge >= 0.3 is 5.97 Å². The number of carboxylic acids is 1. The molecule has 7 heteroatoms. The monoisotopic (exact) mass is 399 g/mol. The van der Waals surface area contributed by atoms with Crippen LogP contribution in [-0.4, -0.2) is 33.2 Å². The van der Waals surface area contributed by atoms with Gasteiger partial charge in [-0.05, 0) is 24.3 Å². The van der Waals surface area contributed by atoms with Crippen molar-refractivity contribution in [3.63, 3.8) is 0 Å². The van der Waals surface area contributed by atoms with Gasteiger partial charge in [-0.3, -0.25) is 9.59 Å². The summed E-state index contributed by atoms with van der Waals surface area (Å²) in [4.78, 5) is 28.2. The summed E-state index contributed by atoms with van der Waals surface area (Å²) in [7, 11) is 0. The van der Waals surface area contributed by atoms with Gasteiger partial charge < -0.3 is 14.9 Å². The number of carbonyl (C=O) groups is 2. The lowest BCUT2D eigenvalue weighted by Gasteiger charge is -2.22. The maximum Gasteiger partial charge on any atom is 0.308 e. The molecule has 2 atom stereocenters. The molecule has 2 N–H and O–H groups in total. The average Bonchev–Trinajstić information content (AvgIpc) is 3.05. The third kappa shape index (κ3) is 5.65. The van der Waals surface area contributed by atoms with E-state index in [1.165, 1.54) is 5.56 Å². The fraction of sp³-hybridized carbons (Fsp3) is 0.545. The van der Waals surface area contributed by atoms with Gasteiger partial charge in [0.2, 0.25) is 17.6 Å². The number of hydrogen-bond donors (Lipinski definition) is 2. The first-order valence-electron chi connectivity index (χ1n) is 10.4. The molecular formula is C22H29N3O4. The number of aliphatic carboxylic acids is 1. The summed E-state index contributed by atoms with van der Waals surface area (Å²) in [5.41, 5.74) is 2.11. The first kappa shape index (κ1) is 21.0. The van der Waals surface area contributed by atoms with Gasteiger partial charge in [0.05, 0.1) is 5.92 Å². The second-order valence-corrected chi connectivity index (χ2v) is 8.05. The molecule has 1 amide bonds. The molecule has 1 aliphatic carbocycles. The molecule has 0 saturated heterocycles. The van der Waals surface area contributed by atoms with E-state index in [0.717, 1.165) is 24.8 Å². The van der Waals surface area contributed by atoms with Crippen molar-refractivity contribution < 1.29 is 19.2 Å². The van der Waals surface area contributed by atoms with Crippen molar-refractivity contribution in [2.45, 2.75) is 70.8 Å². The minimum absolute atomic E-state index is 0.177. The molecule has 0 radical (unpaired) electrons. The Morgan fingerprint density at radius 2 is 1.90 bits per heavy atom. The predicted octanol–water partition coefficient (Wildman–Crippen LogP) is 3.94. The fourth-order valence-corrected chi connectivity index (χ4v) is 3.77. The molecule has 1 aliphatic rings. The second-order valence-electron chi connectivity index (χ2n) is 8.05. The molecule has 1 heterocycles. The van der Waals surface area contributed by atoms with E-state index in [9.17, 15) is 14.7 Å². The van der Waals surface area contributed by atoms with E-state index in [4.69, 9.17) is 4.52 Å². The normalized spacial score (nSPS) is 19.7. The summed E-state index contributed by atoms with van der Waals surface area (Å²) in [6.45, 7) is 4.28. The van der Waals surface area contributed by atoms with Crippen LogP contribution >= 0.6 is 0 Å². The van der Waals surface area contributed by atoms with E-state index in [-0.39, 0.29) is 18.4 Å². The molecular weight excluding hydrogens is 370 g/mol. The Balaban J connectivity index is 1.54. The van der Waals surface area contributed by atoms with Crippen molar-refractivity contribution in [1.82, 2.24) is 15.5 Å². The lowest BCUT2D eigenvalue weighted by atomic mass is 9.94. The Labute approximate surface area is 170 Å². The topological polar surface area (TPSA) is 105 Å². The number of nitrogens with zero attached hydrogens (tertiary/aromatic N) is 2. The van der Waals surface area contributed by atoms with Crippen molar-refractivity contribution >= 4 is 11.9 Å². The summed E-state index contributed by atoms with van der Waals surface area (Å²) in [5, 5.41) is 16.3. The smallest absolute Gasteiger partial charge is 0.308 e. The maximum atomic E-state index is 12.3. The molecule has 1 fully saturated rings. The zero-order valence-electron chi connectivity index (χ0n) is 17.1. The molecule has 29 heavy (non-hydrogen) atoms. The molecule has 0 aliphatic heterocycles. The highest BCUT2D eigenvalue weighted by atomic mass is 16.5. The molecule has 0 bridgehead atoms. The summed E-state index contributed by atoms with van der Waals surface area (Å²) >= 11 is 0. The number of aromatic nitrogens is 2. The van der Waals surface area contributed by atoms with Gasteiger partial charge in [0.25, 0.3) is 0 Å². The number of benzene rings is 1. The van der Waals surface area contributed by atoms with Gasteiger partial charge in [0, 0.05) is 24.4 Å². The number of carboxylic acid groups (broad SMARTS) is 1. The summed E-state index contributed by atoms with van der Waals surface area (Å²) in [6, 6.07) is 7.73. The van der Waals surface area contributed by atoms with Crippen molar-refractivity contribution in [1.29, 1.82) is 0 Å². The zero-order chi connectivity index (χ0) is 20.8. The summed E-state index contributed by atoms with van der Waals surface area (Å²) < 4.78 is 5.28. The number of carbonyl (C=O) groups excluding carboxylic acids is 1. The molecule has 156 valence electrons. The standard InChI is InChI=1S/C22H29N3O4/c1-14(2)15-8-10-16(11-9-15)21-24-20(29-25-21)13-12-19(26)23-18-7-5-3-4-6-17(18)22(27)28/h8-11,14,17-18H,3-7,12-13H2,1-2H3,(H,23,26)(H,27,28)/t17-,18+/m1/s1. The average molecular weight is 399 g/mol. The van der Waals surface area contributed by atoms with Crippen LogP contribution in [0, 0.1) is 5.92 Å². The third-order valence-corrected chi connectivity index (χ3v) is 5.55. The molecule has 3 rings (SSSR count). The molecule has 1 aromatic heterocycles. The van der Waals surface area contributed by atoms with E-state index in [0.29, 0.717) is 36.9 Å². The quantitative estimate of drug-likeness (QED) is 0.683. The van der Waals surface area contributed by atoms with Gasteiger partial charge in [-0.1, -0.05) is 62.5 Å². The first-order chi connectivity index (χ1) is 13.9. The van der Waals surface area contributed by atoms with Crippen LogP contribution in [0.3, 0.4) is 0 Å². The highest BCUT2D eigenvalue weighted by molar-refractivity contribution is 5.78. The van der Waals surface area contributed by atoms with E-state index >= 15 is 0 Å². The van der Waals surface area contributed by atoms with Gasteiger partial charge in [-0.2, -0.15) is 4.98 Å². The summed E-state index contributed by atoms with van der Waals surface area (Å²) in [6.07, 6.45) is 4.69. The van der Waals surface area contributed by atoms with Crippen LogP contribution in [0.4, 0.5) is 0 Å². The Kier molecular flexibility index (Phi) is 7.01. The SMILES string of the molecule is CC(C)c1ccc(-c2noc(CCC(=O)N[C@H]3CCCCC[C@H]3C(=O)O)n2)cc1. The Hall–Kier alpha value is -2.70. The van der Waals surface area contributed by atoms with E-state index in [2.05, 4.69) is 41.4 Å². The van der Waals surface area contributed by atoms with Crippen molar-refractivity contribution in [3.05, 3.63) is 35.7 Å². The van der Waals surface area contributed by atoms with Crippen LogP contribution in [0.1, 0.15) is 69.7 Å². The Morgan fingerprint density at radius 1 is 1.17 bits per heavy atom. The number of amides is 1. The van der Waals surface area contributed by atoms with Crippen molar-refractivity contribution in [2.75, 3.05) is 0 Å². The largest absolute Gasteiger partial charge is 0.481 e. The molecule has 1 aromatic carbocycles. The minimum Gasteiger partial charge on any atom is -0.481 e. The van der Waals surface area contributed by atoms with Crippen LogP contribution in [-0.2, 0) is 16.0 Å². The highest BCUT2D eigenvalue weighted by Gasteiger charge is 2.30. The number of hydrogen-bond acceptors (Lipinski definition) is 5. The lowest BCUT2D eigenvalue weighted by molar-refractivity contribution is -0.143. The fourth-order valence-electron chi connectivity index (χ4n) is 3.77. The third-order valence-electron chi connectivity index (χ3n) is 5.55. The van der Waals surface area contributed by atoms with Crippen molar-refractivity contribution in [2.24, 2.45) is 5.92 Å². The van der Waals surface area contributed by atoms with Crippen LogP contribution in [0.2, 0.25) is 0 Å². The maximum absolute atomic E-state index is 12.3. The van der Waals surface area contributed by atoms with Gasteiger partial charge in [0.1, 0.15) is 0 Å². The lowest BCUT2D eigenvalue weighted by Crippen LogP contribution is -2.42. The van der Waals surface area contributed by atoms with Crippen LogP contribution < -0.4 is 5.32 Å². The minimum atomic E-state index is -0.831. The van der Waals surface area contributed by atoms with Crippen LogP contribution in [0.25, 0.3) is 11.4 Å². The van der Waals surface area contributed by atoms with Gasteiger partial charge in [0.15, 0.2) is 0 Å². The number of aryl methyl sites for hydroxylation is 1.